The highest BCUT2D eigenvalue weighted by molar-refractivity contribution is 5.78. The monoisotopic (exact) mass is 325 g/mol. The van der Waals surface area contributed by atoms with Gasteiger partial charge in [-0.05, 0) is 18.8 Å². The van der Waals surface area contributed by atoms with Crippen LogP contribution in [0.25, 0.3) is 0 Å². The zero-order chi connectivity index (χ0) is 16.7. The average molecular weight is 325 g/mol. The van der Waals surface area contributed by atoms with Crippen molar-refractivity contribution in [1.82, 2.24) is 14.7 Å². The van der Waals surface area contributed by atoms with Gasteiger partial charge in [0.25, 0.3) is 0 Å². The molecule has 0 aromatic heterocycles. The van der Waals surface area contributed by atoms with Gasteiger partial charge in [-0.15, -0.1) is 0 Å². The van der Waals surface area contributed by atoms with E-state index >= 15 is 0 Å². The molecule has 6 nitrogen and oxygen atoms in total. The van der Waals surface area contributed by atoms with Crippen molar-refractivity contribution in [3.63, 3.8) is 0 Å². The number of ether oxygens (including phenoxy) is 1. The minimum atomic E-state index is -0.225. The van der Waals surface area contributed by atoms with Crippen LogP contribution in [-0.2, 0) is 9.53 Å². The van der Waals surface area contributed by atoms with Crippen LogP contribution in [0, 0.1) is 5.92 Å². The van der Waals surface area contributed by atoms with E-state index in [1.54, 1.807) is 4.90 Å². The standard InChI is InChI=1S/C17H31N3O3/c1-15(2)14-23-17(22)20-11-9-18(10-12-20)13-16(21)19-7-5-3-4-6-8-19/h15H,3-14H2,1-2H3. The van der Waals surface area contributed by atoms with Gasteiger partial charge in [-0.25, -0.2) is 4.79 Å². The topological polar surface area (TPSA) is 53.1 Å². The molecule has 0 unspecified atom stereocenters. The first-order chi connectivity index (χ1) is 11.1. The molecule has 6 heteroatoms. The van der Waals surface area contributed by atoms with Crippen LogP contribution in [-0.4, -0.2) is 79.1 Å². The van der Waals surface area contributed by atoms with Crippen molar-refractivity contribution >= 4 is 12.0 Å². The average Bonchev–Trinajstić information content (AvgIpc) is 2.82. The number of nitrogens with zero attached hydrogens (tertiary/aromatic N) is 3. The molecule has 0 bridgehead atoms. The molecule has 2 amide bonds. The van der Waals surface area contributed by atoms with E-state index in [0.29, 0.717) is 32.2 Å². The minimum Gasteiger partial charge on any atom is -0.449 e. The molecular weight excluding hydrogens is 294 g/mol. The Kier molecular flexibility index (Phi) is 7.15. The van der Waals surface area contributed by atoms with Crippen molar-refractivity contribution in [2.75, 3.05) is 52.4 Å². The first kappa shape index (κ1) is 18.0. The first-order valence-electron chi connectivity index (χ1n) is 8.98. The molecule has 2 saturated heterocycles. The van der Waals surface area contributed by atoms with Gasteiger partial charge in [0.05, 0.1) is 13.2 Å². The summed E-state index contributed by atoms with van der Waals surface area (Å²) < 4.78 is 5.26. The largest absolute Gasteiger partial charge is 0.449 e. The third kappa shape index (κ3) is 6.01. The van der Waals surface area contributed by atoms with E-state index in [-0.39, 0.29) is 12.0 Å². The van der Waals surface area contributed by atoms with Gasteiger partial charge in [-0.3, -0.25) is 9.69 Å². The molecule has 0 aliphatic carbocycles. The third-order valence-electron chi connectivity index (χ3n) is 4.49. The number of amides is 2. The van der Waals surface area contributed by atoms with Gasteiger partial charge in [-0.1, -0.05) is 26.7 Å². The fourth-order valence-electron chi connectivity index (χ4n) is 3.03. The molecule has 0 spiro atoms. The molecular formula is C17H31N3O3. The zero-order valence-corrected chi connectivity index (χ0v) is 14.6. The summed E-state index contributed by atoms with van der Waals surface area (Å²) in [6, 6.07) is 0. The van der Waals surface area contributed by atoms with E-state index in [9.17, 15) is 9.59 Å². The lowest BCUT2D eigenvalue weighted by Gasteiger charge is -2.34. The Morgan fingerprint density at radius 1 is 0.870 bits per heavy atom. The van der Waals surface area contributed by atoms with E-state index in [1.807, 2.05) is 18.7 Å². The highest BCUT2D eigenvalue weighted by Crippen LogP contribution is 2.11. The van der Waals surface area contributed by atoms with Crippen LogP contribution in [0.3, 0.4) is 0 Å². The van der Waals surface area contributed by atoms with Crippen molar-refractivity contribution in [2.45, 2.75) is 39.5 Å². The lowest BCUT2D eigenvalue weighted by molar-refractivity contribution is -0.132. The summed E-state index contributed by atoms with van der Waals surface area (Å²) in [5.74, 6) is 0.592. The number of piperazine rings is 1. The number of hydrogen-bond donors (Lipinski definition) is 0. The third-order valence-corrected chi connectivity index (χ3v) is 4.49. The fourth-order valence-corrected chi connectivity index (χ4v) is 3.03. The van der Waals surface area contributed by atoms with Crippen molar-refractivity contribution in [3.05, 3.63) is 0 Å². The maximum absolute atomic E-state index is 12.4. The van der Waals surface area contributed by atoms with Crippen molar-refractivity contribution in [2.24, 2.45) is 5.92 Å². The highest BCUT2D eigenvalue weighted by atomic mass is 16.6. The Morgan fingerprint density at radius 3 is 2.04 bits per heavy atom. The van der Waals surface area contributed by atoms with Crippen LogP contribution in [0.15, 0.2) is 0 Å². The first-order valence-corrected chi connectivity index (χ1v) is 8.98. The van der Waals surface area contributed by atoms with Gasteiger partial charge in [0, 0.05) is 39.3 Å². The smallest absolute Gasteiger partial charge is 0.409 e. The quantitative estimate of drug-likeness (QED) is 0.791. The molecule has 132 valence electrons. The predicted octanol–water partition coefficient (Wildman–Crippen LogP) is 1.80. The summed E-state index contributed by atoms with van der Waals surface area (Å²) in [5.41, 5.74) is 0. The van der Waals surface area contributed by atoms with Crippen LogP contribution in [0.2, 0.25) is 0 Å². The minimum absolute atomic E-state index is 0.225. The van der Waals surface area contributed by atoms with Gasteiger partial charge >= 0.3 is 6.09 Å². The van der Waals surface area contributed by atoms with Gasteiger partial charge < -0.3 is 14.5 Å². The Balaban J connectivity index is 1.69. The number of rotatable bonds is 4. The molecule has 0 N–H and O–H groups in total. The molecule has 23 heavy (non-hydrogen) atoms. The van der Waals surface area contributed by atoms with Crippen LogP contribution in [0.1, 0.15) is 39.5 Å². The van der Waals surface area contributed by atoms with Crippen molar-refractivity contribution in [1.29, 1.82) is 0 Å². The van der Waals surface area contributed by atoms with Crippen molar-refractivity contribution < 1.29 is 14.3 Å². The maximum Gasteiger partial charge on any atom is 0.409 e. The summed E-state index contributed by atoms with van der Waals surface area (Å²) in [7, 11) is 0. The Morgan fingerprint density at radius 2 is 1.48 bits per heavy atom. The molecule has 2 aliphatic rings. The number of likely N-dealkylation sites (tertiary alicyclic amines) is 1. The van der Waals surface area contributed by atoms with Gasteiger partial charge in [0.15, 0.2) is 0 Å². The molecule has 2 heterocycles. The van der Waals surface area contributed by atoms with Gasteiger partial charge in [0.1, 0.15) is 0 Å². The summed E-state index contributed by atoms with van der Waals surface area (Å²) in [4.78, 5) is 30.2. The second-order valence-electron chi connectivity index (χ2n) is 7.03. The van der Waals surface area contributed by atoms with Crippen LogP contribution in [0.4, 0.5) is 4.79 Å². The van der Waals surface area contributed by atoms with Gasteiger partial charge in [-0.2, -0.15) is 0 Å². The van der Waals surface area contributed by atoms with E-state index in [0.717, 1.165) is 39.0 Å². The SMILES string of the molecule is CC(C)COC(=O)N1CCN(CC(=O)N2CCCCCC2)CC1. The fraction of sp³-hybridized carbons (Fsp3) is 0.882. The zero-order valence-electron chi connectivity index (χ0n) is 14.6. The molecule has 2 rings (SSSR count). The summed E-state index contributed by atoms with van der Waals surface area (Å²) >= 11 is 0. The molecule has 0 aromatic rings. The summed E-state index contributed by atoms with van der Waals surface area (Å²) in [5, 5.41) is 0. The molecule has 0 aromatic carbocycles. The normalized spacial score (nSPS) is 20.5. The lowest BCUT2D eigenvalue weighted by Crippen LogP contribution is -2.51. The Hall–Kier alpha value is -1.30. The number of carbonyl (C=O) groups is 2. The number of carbonyl (C=O) groups excluding carboxylic acids is 2. The van der Waals surface area contributed by atoms with Gasteiger partial charge in [0.2, 0.25) is 5.91 Å². The highest BCUT2D eigenvalue weighted by Gasteiger charge is 2.25. The van der Waals surface area contributed by atoms with E-state index in [2.05, 4.69) is 4.90 Å². The summed E-state index contributed by atoms with van der Waals surface area (Å²) in [6.07, 6.45) is 4.50. The Bertz CT molecular complexity index is 385. The predicted molar refractivity (Wildman–Crippen MR) is 89.2 cm³/mol. The number of hydrogen-bond acceptors (Lipinski definition) is 4. The Labute approximate surface area is 139 Å². The van der Waals surface area contributed by atoms with Crippen LogP contribution in [0.5, 0.6) is 0 Å². The van der Waals surface area contributed by atoms with E-state index in [4.69, 9.17) is 4.74 Å². The van der Waals surface area contributed by atoms with E-state index < -0.39 is 0 Å². The molecule has 2 aliphatic heterocycles. The molecule has 0 radical (unpaired) electrons. The maximum atomic E-state index is 12.4. The second-order valence-corrected chi connectivity index (χ2v) is 7.03. The van der Waals surface area contributed by atoms with E-state index in [1.165, 1.54) is 12.8 Å². The second kappa shape index (κ2) is 9.11. The van der Waals surface area contributed by atoms with Crippen molar-refractivity contribution in [3.8, 4) is 0 Å². The van der Waals surface area contributed by atoms with Crippen LogP contribution < -0.4 is 0 Å². The summed E-state index contributed by atoms with van der Waals surface area (Å²) in [6.45, 7) is 9.59. The van der Waals surface area contributed by atoms with Crippen LogP contribution >= 0.6 is 0 Å². The molecule has 0 saturated carbocycles. The lowest BCUT2D eigenvalue weighted by atomic mass is 10.2. The molecule has 0 atom stereocenters. The molecule has 2 fully saturated rings.